The summed E-state index contributed by atoms with van der Waals surface area (Å²) in [6, 6.07) is 10.5. The van der Waals surface area contributed by atoms with Crippen LogP contribution in [0.15, 0.2) is 42.5 Å². The van der Waals surface area contributed by atoms with Crippen molar-refractivity contribution in [3.05, 3.63) is 69.7 Å². The number of carboxylic acid groups (broad SMARTS) is 1. The zero-order chi connectivity index (χ0) is 26.8. The van der Waals surface area contributed by atoms with Crippen LogP contribution in [0, 0.1) is 6.92 Å². The lowest BCUT2D eigenvalue weighted by Crippen LogP contribution is -2.28. The number of ether oxygens (including phenoxy) is 3. The third-order valence-electron chi connectivity index (χ3n) is 6.13. The molecule has 0 aliphatic carbocycles. The Morgan fingerprint density at radius 2 is 1.84 bits per heavy atom. The summed E-state index contributed by atoms with van der Waals surface area (Å²) in [5.41, 5.74) is 2.43. The number of aryl methyl sites for hydroxylation is 2. The van der Waals surface area contributed by atoms with Crippen LogP contribution in [0.4, 0.5) is 13.2 Å². The monoisotopic (exact) mass is 535 g/mol. The van der Waals surface area contributed by atoms with Crippen LogP contribution >= 0.6 is 11.3 Å². The molecule has 0 atom stereocenters. The first-order valence-corrected chi connectivity index (χ1v) is 12.7. The molecule has 6 nitrogen and oxygen atoms in total. The first-order chi connectivity index (χ1) is 17.5. The van der Waals surface area contributed by atoms with Crippen LogP contribution in [-0.4, -0.2) is 35.9 Å². The third-order valence-corrected chi connectivity index (χ3v) is 7.31. The van der Waals surface area contributed by atoms with Gasteiger partial charge in [-0.2, -0.15) is 13.2 Å². The average Bonchev–Trinajstić information content (AvgIpc) is 3.50. The molecule has 0 unspecified atom stereocenters. The van der Waals surface area contributed by atoms with Crippen molar-refractivity contribution in [3.63, 3.8) is 0 Å². The molecule has 1 N–H and O–H groups in total. The molecule has 198 valence electrons. The van der Waals surface area contributed by atoms with Crippen LogP contribution in [0.1, 0.15) is 53.4 Å². The Hall–Kier alpha value is -2.95. The highest BCUT2D eigenvalue weighted by molar-refractivity contribution is 7.15. The summed E-state index contributed by atoms with van der Waals surface area (Å²) >= 11 is 1.47. The molecule has 1 aliphatic heterocycles. The van der Waals surface area contributed by atoms with Gasteiger partial charge in [-0.1, -0.05) is 26.0 Å². The summed E-state index contributed by atoms with van der Waals surface area (Å²) in [6.07, 6.45) is -3.28. The van der Waals surface area contributed by atoms with E-state index in [0.29, 0.717) is 42.4 Å². The molecule has 2 heterocycles. The fourth-order valence-corrected chi connectivity index (χ4v) is 5.52. The molecular weight excluding hydrogens is 507 g/mol. The molecule has 1 aliphatic rings. The number of rotatable bonds is 9. The summed E-state index contributed by atoms with van der Waals surface area (Å²) < 4.78 is 56.5. The summed E-state index contributed by atoms with van der Waals surface area (Å²) in [6.45, 7) is 6.35. The molecule has 2 aromatic carbocycles. The predicted octanol–water partition coefficient (Wildman–Crippen LogP) is 6.56. The Kier molecular flexibility index (Phi) is 7.91. The molecular formula is C27H28F3NO5S. The Balaban J connectivity index is 1.57. The lowest BCUT2D eigenvalue weighted by Gasteiger charge is -2.28. The van der Waals surface area contributed by atoms with E-state index in [0.717, 1.165) is 33.8 Å². The van der Waals surface area contributed by atoms with Gasteiger partial charge in [0.05, 0.1) is 24.5 Å². The largest absolute Gasteiger partial charge is 0.482 e. The first kappa shape index (κ1) is 27.1. The van der Waals surface area contributed by atoms with Crippen molar-refractivity contribution in [2.75, 3.05) is 19.8 Å². The molecule has 1 saturated heterocycles. The van der Waals surface area contributed by atoms with Crippen LogP contribution in [0.5, 0.6) is 5.75 Å². The number of nitrogens with zero attached hydrogens (tertiary/aromatic N) is 1. The maximum atomic E-state index is 13.0. The van der Waals surface area contributed by atoms with Crippen molar-refractivity contribution in [1.82, 2.24) is 4.98 Å². The molecule has 37 heavy (non-hydrogen) atoms. The van der Waals surface area contributed by atoms with Gasteiger partial charge in [0.1, 0.15) is 10.8 Å². The van der Waals surface area contributed by atoms with Gasteiger partial charge in [-0.3, -0.25) is 0 Å². The van der Waals surface area contributed by atoms with E-state index in [9.17, 15) is 18.0 Å². The smallest absolute Gasteiger partial charge is 0.416 e. The fraction of sp³-hybridized carbons (Fsp3) is 0.407. The van der Waals surface area contributed by atoms with Gasteiger partial charge >= 0.3 is 12.1 Å². The Morgan fingerprint density at radius 3 is 2.41 bits per heavy atom. The van der Waals surface area contributed by atoms with Crippen molar-refractivity contribution in [3.8, 4) is 16.3 Å². The number of alkyl halides is 3. The lowest BCUT2D eigenvalue weighted by molar-refractivity contribution is -0.170. The van der Waals surface area contributed by atoms with E-state index in [4.69, 9.17) is 24.3 Å². The van der Waals surface area contributed by atoms with Crippen LogP contribution in [0.25, 0.3) is 10.6 Å². The first-order valence-electron chi connectivity index (χ1n) is 11.9. The van der Waals surface area contributed by atoms with Crippen LogP contribution in [0.2, 0.25) is 0 Å². The SMILES string of the molecule is Cc1cc(C2(CCc3sc(-c4ccc(C(F)(F)F)cc4)nc3C(C)C)OCCO2)ccc1OCC(=O)O. The minimum atomic E-state index is -4.38. The topological polar surface area (TPSA) is 77.9 Å². The van der Waals surface area contributed by atoms with E-state index in [1.54, 1.807) is 6.07 Å². The van der Waals surface area contributed by atoms with Gasteiger partial charge in [-0.15, -0.1) is 11.3 Å². The number of halogens is 3. The fourth-order valence-electron chi connectivity index (χ4n) is 4.29. The van der Waals surface area contributed by atoms with Crippen molar-refractivity contribution < 1.29 is 37.3 Å². The molecule has 0 spiro atoms. The van der Waals surface area contributed by atoms with E-state index in [2.05, 4.69) is 0 Å². The molecule has 0 amide bonds. The van der Waals surface area contributed by atoms with Crippen LogP contribution < -0.4 is 4.74 Å². The average molecular weight is 536 g/mol. The van der Waals surface area contributed by atoms with E-state index >= 15 is 0 Å². The number of hydrogen-bond acceptors (Lipinski definition) is 6. The van der Waals surface area contributed by atoms with Gasteiger partial charge in [0.2, 0.25) is 0 Å². The Bertz CT molecular complexity index is 1250. The van der Waals surface area contributed by atoms with Gasteiger partial charge in [-0.05, 0) is 55.2 Å². The number of thiazole rings is 1. The highest BCUT2D eigenvalue weighted by Crippen LogP contribution is 2.41. The van der Waals surface area contributed by atoms with Crippen molar-refractivity contribution in [2.24, 2.45) is 0 Å². The van der Waals surface area contributed by atoms with Crippen molar-refractivity contribution >= 4 is 17.3 Å². The normalized spacial score (nSPS) is 15.3. The van der Waals surface area contributed by atoms with Gasteiger partial charge in [0, 0.05) is 22.4 Å². The van der Waals surface area contributed by atoms with Gasteiger partial charge < -0.3 is 19.3 Å². The Morgan fingerprint density at radius 1 is 1.16 bits per heavy atom. The molecule has 4 rings (SSSR count). The molecule has 0 bridgehead atoms. The number of benzene rings is 2. The van der Waals surface area contributed by atoms with E-state index in [1.165, 1.54) is 23.5 Å². The lowest BCUT2D eigenvalue weighted by atomic mass is 9.96. The highest BCUT2D eigenvalue weighted by Gasteiger charge is 2.39. The standard InChI is InChI=1S/C27H28F3NO5S/c1-16(2)24-22(37-25(31-24)18-4-6-19(7-5-18)27(28,29)30)10-11-26(35-12-13-36-26)20-8-9-21(17(3)14-20)34-15-23(32)33/h4-9,14,16H,10-13,15H2,1-3H3,(H,32,33). The summed E-state index contributed by atoms with van der Waals surface area (Å²) in [7, 11) is 0. The van der Waals surface area contributed by atoms with Crippen LogP contribution in [-0.2, 0) is 32.7 Å². The predicted molar refractivity (Wildman–Crippen MR) is 133 cm³/mol. The molecule has 0 radical (unpaired) electrons. The molecule has 1 fully saturated rings. The zero-order valence-corrected chi connectivity index (χ0v) is 21.5. The number of carboxylic acids is 1. The summed E-state index contributed by atoms with van der Waals surface area (Å²) in [4.78, 5) is 16.6. The number of carbonyl (C=O) groups is 1. The maximum Gasteiger partial charge on any atom is 0.416 e. The molecule has 10 heteroatoms. The molecule has 0 saturated carbocycles. The van der Waals surface area contributed by atoms with Gasteiger partial charge in [0.15, 0.2) is 12.4 Å². The minimum Gasteiger partial charge on any atom is -0.482 e. The van der Waals surface area contributed by atoms with Crippen molar-refractivity contribution in [2.45, 2.75) is 51.5 Å². The van der Waals surface area contributed by atoms with E-state index < -0.39 is 30.1 Å². The zero-order valence-electron chi connectivity index (χ0n) is 20.7. The molecule has 3 aromatic rings. The number of hydrogen-bond donors (Lipinski definition) is 1. The van der Waals surface area contributed by atoms with E-state index in [1.807, 2.05) is 32.9 Å². The maximum absolute atomic E-state index is 13.0. The highest BCUT2D eigenvalue weighted by atomic mass is 32.1. The number of aliphatic carboxylic acids is 1. The van der Waals surface area contributed by atoms with Crippen LogP contribution in [0.3, 0.4) is 0 Å². The van der Waals surface area contributed by atoms with Gasteiger partial charge in [0.25, 0.3) is 0 Å². The van der Waals surface area contributed by atoms with Gasteiger partial charge in [-0.25, -0.2) is 9.78 Å². The van der Waals surface area contributed by atoms with Crippen molar-refractivity contribution in [1.29, 1.82) is 0 Å². The second-order valence-electron chi connectivity index (χ2n) is 9.17. The quantitative estimate of drug-likeness (QED) is 0.335. The molecule has 1 aromatic heterocycles. The second kappa shape index (κ2) is 10.8. The third kappa shape index (κ3) is 6.14. The number of aromatic nitrogens is 1. The second-order valence-corrected chi connectivity index (χ2v) is 10.3. The van der Waals surface area contributed by atoms with E-state index in [-0.39, 0.29) is 5.92 Å². The summed E-state index contributed by atoms with van der Waals surface area (Å²) in [5, 5.41) is 9.55. The minimum absolute atomic E-state index is 0.128. The summed E-state index contributed by atoms with van der Waals surface area (Å²) in [5.74, 6) is -1.42. The Labute approximate surface area is 217 Å².